The molecule has 1 saturated heterocycles. The summed E-state index contributed by atoms with van der Waals surface area (Å²) in [7, 11) is 0. The van der Waals surface area contributed by atoms with Crippen LogP contribution in [0, 0.1) is 6.92 Å². The Bertz CT molecular complexity index is 423. The Balaban J connectivity index is 2.34. The van der Waals surface area contributed by atoms with Crippen molar-refractivity contribution in [1.82, 2.24) is 10.2 Å². The predicted molar refractivity (Wildman–Crippen MR) is 87.1 cm³/mol. The van der Waals surface area contributed by atoms with Crippen molar-refractivity contribution < 1.29 is 0 Å². The van der Waals surface area contributed by atoms with Gasteiger partial charge >= 0.3 is 0 Å². The average Bonchev–Trinajstić information content (AvgIpc) is 2.98. The summed E-state index contributed by atoms with van der Waals surface area (Å²) >= 11 is 0. The van der Waals surface area contributed by atoms with E-state index >= 15 is 0 Å². The van der Waals surface area contributed by atoms with E-state index in [1.54, 1.807) is 0 Å². The van der Waals surface area contributed by atoms with Gasteiger partial charge in [0.15, 0.2) is 0 Å². The van der Waals surface area contributed by atoms with Crippen molar-refractivity contribution in [2.75, 3.05) is 19.6 Å². The standard InChI is InChI=1S/C18H30N2/c1-5-18(4,20-12-7-8-13-20)17(19-6-2)16-11-9-10-15(3)14-16/h9-11,14,17,19H,5-8,12-13H2,1-4H3. The predicted octanol–water partition coefficient (Wildman–Crippen LogP) is 3.91. The van der Waals surface area contributed by atoms with Crippen LogP contribution in [0.15, 0.2) is 24.3 Å². The molecule has 0 radical (unpaired) electrons. The van der Waals surface area contributed by atoms with Crippen molar-refractivity contribution >= 4 is 0 Å². The minimum absolute atomic E-state index is 0.209. The summed E-state index contributed by atoms with van der Waals surface area (Å²) in [5.74, 6) is 0. The van der Waals surface area contributed by atoms with E-state index in [0.717, 1.165) is 6.54 Å². The summed E-state index contributed by atoms with van der Waals surface area (Å²) in [6, 6.07) is 9.41. The van der Waals surface area contributed by atoms with Crippen LogP contribution in [-0.2, 0) is 0 Å². The van der Waals surface area contributed by atoms with E-state index in [-0.39, 0.29) is 5.54 Å². The van der Waals surface area contributed by atoms with Gasteiger partial charge in [-0.25, -0.2) is 0 Å². The van der Waals surface area contributed by atoms with E-state index in [2.05, 4.69) is 62.2 Å². The van der Waals surface area contributed by atoms with E-state index in [4.69, 9.17) is 0 Å². The largest absolute Gasteiger partial charge is 0.309 e. The van der Waals surface area contributed by atoms with Gasteiger partial charge < -0.3 is 5.32 Å². The fraction of sp³-hybridized carbons (Fsp3) is 0.667. The van der Waals surface area contributed by atoms with Gasteiger partial charge in [-0.1, -0.05) is 43.7 Å². The van der Waals surface area contributed by atoms with Crippen LogP contribution in [0.3, 0.4) is 0 Å². The van der Waals surface area contributed by atoms with Crippen molar-refractivity contribution in [3.05, 3.63) is 35.4 Å². The Morgan fingerprint density at radius 1 is 1.25 bits per heavy atom. The number of nitrogens with one attached hydrogen (secondary N) is 1. The quantitative estimate of drug-likeness (QED) is 0.846. The molecule has 1 N–H and O–H groups in total. The number of hydrogen-bond donors (Lipinski definition) is 1. The number of likely N-dealkylation sites (N-methyl/N-ethyl adjacent to an activating group) is 1. The number of aryl methyl sites for hydroxylation is 1. The van der Waals surface area contributed by atoms with E-state index in [9.17, 15) is 0 Å². The Labute approximate surface area is 124 Å². The molecule has 2 rings (SSSR count). The summed E-state index contributed by atoms with van der Waals surface area (Å²) in [6.45, 7) is 12.7. The molecule has 0 aliphatic carbocycles. The van der Waals surface area contributed by atoms with Gasteiger partial charge in [0.1, 0.15) is 0 Å². The highest BCUT2D eigenvalue weighted by atomic mass is 15.2. The molecule has 0 amide bonds. The number of nitrogens with zero attached hydrogens (tertiary/aromatic N) is 1. The summed E-state index contributed by atoms with van der Waals surface area (Å²) in [5, 5.41) is 3.75. The Hall–Kier alpha value is -0.860. The van der Waals surface area contributed by atoms with Crippen molar-refractivity contribution in [2.45, 2.75) is 58.5 Å². The van der Waals surface area contributed by atoms with Gasteiger partial charge in [0.2, 0.25) is 0 Å². The molecule has 2 heteroatoms. The SMILES string of the molecule is CCNC(c1cccc(C)c1)C(C)(CC)N1CCCC1. The van der Waals surface area contributed by atoms with Crippen molar-refractivity contribution in [2.24, 2.45) is 0 Å². The first kappa shape index (κ1) is 15.5. The van der Waals surface area contributed by atoms with Crippen molar-refractivity contribution in [1.29, 1.82) is 0 Å². The summed E-state index contributed by atoms with van der Waals surface area (Å²) in [4.78, 5) is 2.70. The molecule has 112 valence electrons. The normalized spacial score (nSPS) is 20.8. The molecule has 1 aliphatic heterocycles. The number of likely N-dealkylation sites (tertiary alicyclic amines) is 1. The van der Waals surface area contributed by atoms with Gasteiger partial charge in [-0.05, 0) is 58.3 Å². The van der Waals surface area contributed by atoms with Crippen molar-refractivity contribution in [3.8, 4) is 0 Å². The lowest BCUT2D eigenvalue weighted by molar-refractivity contribution is 0.0846. The second kappa shape index (κ2) is 6.73. The van der Waals surface area contributed by atoms with Crippen LogP contribution in [0.5, 0.6) is 0 Å². The van der Waals surface area contributed by atoms with Gasteiger partial charge in [-0.15, -0.1) is 0 Å². The number of hydrogen-bond acceptors (Lipinski definition) is 2. The summed E-state index contributed by atoms with van der Waals surface area (Å²) in [6.07, 6.45) is 3.88. The first-order valence-corrected chi connectivity index (χ1v) is 8.16. The fourth-order valence-corrected chi connectivity index (χ4v) is 3.59. The van der Waals surface area contributed by atoms with E-state index < -0.39 is 0 Å². The molecule has 2 nitrogen and oxygen atoms in total. The van der Waals surface area contributed by atoms with Crippen molar-refractivity contribution in [3.63, 3.8) is 0 Å². The van der Waals surface area contributed by atoms with Gasteiger partial charge in [0.25, 0.3) is 0 Å². The Morgan fingerprint density at radius 2 is 1.95 bits per heavy atom. The minimum Gasteiger partial charge on any atom is -0.309 e. The lowest BCUT2D eigenvalue weighted by Crippen LogP contribution is -2.53. The molecule has 2 atom stereocenters. The van der Waals surface area contributed by atoms with Gasteiger partial charge in [0.05, 0.1) is 6.04 Å². The molecule has 0 saturated carbocycles. The van der Waals surface area contributed by atoms with E-state index in [1.165, 1.54) is 43.5 Å². The second-order valence-electron chi connectivity index (χ2n) is 6.31. The Kier molecular flexibility index (Phi) is 5.22. The van der Waals surface area contributed by atoms with Crippen LogP contribution < -0.4 is 5.32 Å². The maximum Gasteiger partial charge on any atom is 0.0504 e. The molecule has 0 spiro atoms. The molecule has 1 aromatic rings. The van der Waals surface area contributed by atoms with Gasteiger partial charge in [-0.3, -0.25) is 4.90 Å². The zero-order chi connectivity index (χ0) is 14.6. The highest BCUT2D eigenvalue weighted by Gasteiger charge is 2.39. The second-order valence-corrected chi connectivity index (χ2v) is 6.31. The molecule has 0 aromatic heterocycles. The molecule has 1 heterocycles. The molecule has 1 aromatic carbocycles. The number of benzene rings is 1. The molecule has 20 heavy (non-hydrogen) atoms. The maximum absolute atomic E-state index is 3.75. The van der Waals surface area contributed by atoms with E-state index in [1.807, 2.05) is 0 Å². The Morgan fingerprint density at radius 3 is 2.50 bits per heavy atom. The lowest BCUT2D eigenvalue weighted by Gasteiger charge is -2.45. The van der Waals surface area contributed by atoms with Crippen LogP contribution in [0.1, 0.15) is 57.2 Å². The molecule has 1 aliphatic rings. The topological polar surface area (TPSA) is 15.3 Å². The van der Waals surface area contributed by atoms with Crippen LogP contribution in [0.4, 0.5) is 0 Å². The highest BCUT2D eigenvalue weighted by molar-refractivity contribution is 5.28. The molecular weight excluding hydrogens is 244 g/mol. The molecule has 1 fully saturated rings. The fourth-order valence-electron chi connectivity index (χ4n) is 3.59. The van der Waals surface area contributed by atoms with Crippen LogP contribution in [-0.4, -0.2) is 30.1 Å². The third kappa shape index (κ3) is 3.07. The minimum atomic E-state index is 0.209. The summed E-state index contributed by atoms with van der Waals surface area (Å²) < 4.78 is 0. The first-order valence-electron chi connectivity index (χ1n) is 8.16. The average molecular weight is 274 g/mol. The third-order valence-corrected chi connectivity index (χ3v) is 4.95. The molecule has 2 unspecified atom stereocenters. The van der Waals surface area contributed by atoms with Crippen LogP contribution >= 0.6 is 0 Å². The zero-order valence-corrected chi connectivity index (χ0v) is 13.6. The first-order chi connectivity index (χ1) is 9.61. The van der Waals surface area contributed by atoms with E-state index in [0.29, 0.717) is 6.04 Å². The highest BCUT2D eigenvalue weighted by Crippen LogP contribution is 2.36. The molecule has 0 bridgehead atoms. The number of rotatable bonds is 6. The summed E-state index contributed by atoms with van der Waals surface area (Å²) in [5.41, 5.74) is 2.99. The molecular formula is C18H30N2. The van der Waals surface area contributed by atoms with Crippen LogP contribution in [0.25, 0.3) is 0 Å². The monoisotopic (exact) mass is 274 g/mol. The maximum atomic E-state index is 3.75. The van der Waals surface area contributed by atoms with Crippen LogP contribution in [0.2, 0.25) is 0 Å². The zero-order valence-electron chi connectivity index (χ0n) is 13.6. The lowest BCUT2D eigenvalue weighted by atomic mass is 9.82. The smallest absolute Gasteiger partial charge is 0.0504 e. The van der Waals surface area contributed by atoms with Gasteiger partial charge in [0, 0.05) is 5.54 Å². The van der Waals surface area contributed by atoms with Gasteiger partial charge in [-0.2, -0.15) is 0 Å². The third-order valence-electron chi connectivity index (χ3n) is 4.95.